The van der Waals surface area contributed by atoms with E-state index in [9.17, 15) is 0 Å². The fourth-order valence-electron chi connectivity index (χ4n) is 6.27. The second kappa shape index (κ2) is 14.5. The van der Waals surface area contributed by atoms with Gasteiger partial charge in [-0.15, -0.1) is 0 Å². The maximum Gasteiger partial charge on any atom is 0.0366 e. The van der Waals surface area contributed by atoms with E-state index in [0.717, 1.165) is 13.1 Å². The van der Waals surface area contributed by atoms with Gasteiger partial charge in [0, 0.05) is 38.6 Å². The van der Waals surface area contributed by atoms with Gasteiger partial charge in [0.15, 0.2) is 0 Å². The highest BCUT2D eigenvalue weighted by Gasteiger charge is 2.12. The van der Waals surface area contributed by atoms with Crippen LogP contribution in [0.1, 0.15) is 69.5 Å². The van der Waals surface area contributed by atoms with Gasteiger partial charge in [-0.3, -0.25) is 0 Å². The van der Waals surface area contributed by atoms with Gasteiger partial charge in [-0.05, 0) is 134 Å². The molecule has 2 heteroatoms. The lowest BCUT2D eigenvalue weighted by atomic mass is 9.90. The third kappa shape index (κ3) is 7.51. The van der Waals surface area contributed by atoms with Crippen molar-refractivity contribution in [3.8, 4) is 0 Å². The molecule has 0 aliphatic carbocycles. The average molecular weight is 605 g/mol. The smallest absolute Gasteiger partial charge is 0.0366 e. The van der Waals surface area contributed by atoms with Crippen LogP contribution in [-0.2, 0) is 0 Å². The molecule has 0 saturated carbocycles. The molecule has 0 spiro atoms. The number of rotatable bonds is 10. The van der Waals surface area contributed by atoms with Crippen LogP contribution in [0.25, 0.3) is 23.3 Å². The van der Waals surface area contributed by atoms with Gasteiger partial charge >= 0.3 is 0 Å². The van der Waals surface area contributed by atoms with Crippen molar-refractivity contribution < 1.29 is 0 Å². The fourth-order valence-corrected chi connectivity index (χ4v) is 6.27. The van der Waals surface area contributed by atoms with Crippen molar-refractivity contribution in [3.63, 3.8) is 0 Å². The molecule has 0 heterocycles. The van der Waals surface area contributed by atoms with E-state index in [1.807, 2.05) is 0 Å². The number of benzene rings is 5. The highest BCUT2D eigenvalue weighted by atomic mass is 15.1. The Labute approximate surface area is 277 Å². The first-order valence-electron chi connectivity index (χ1n) is 16.5. The summed E-state index contributed by atoms with van der Waals surface area (Å²) in [4.78, 5) is 4.53. The number of hydrogen-bond donors (Lipinski definition) is 0. The first kappa shape index (κ1) is 32.6. The minimum Gasteiger partial charge on any atom is -0.378 e. The van der Waals surface area contributed by atoms with E-state index >= 15 is 0 Å². The molecule has 0 bridgehead atoms. The molecule has 2 nitrogen and oxygen atoms in total. The molecule has 46 heavy (non-hydrogen) atoms. The summed E-state index contributed by atoms with van der Waals surface area (Å²) in [5.74, 6) is 0. The van der Waals surface area contributed by atoms with Crippen LogP contribution in [0.5, 0.6) is 0 Å². The molecule has 0 aliphatic rings. The molecule has 0 N–H and O–H groups in total. The van der Waals surface area contributed by atoms with Crippen LogP contribution < -0.4 is 9.80 Å². The van der Waals surface area contributed by atoms with Crippen molar-refractivity contribution in [2.24, 2.45) is 0 Å². The van der Waals surface area contributed by atoms with Gasteiger partial charge in [0.05, 0.1) is 0 Å². The summed E-state index contributed by atoms with van der Waals surface area (Å²) < 4.78 is 0. The standard InChI is InChI=1S/C44H48N2/c1-9-46(10-2)40-23-19-38(20-24-40)44(42-26-12-32(4)28-34(42)6)30-36-15-13-35(14-16-36)29-43(41-25-11-31(3)27-33(41)5)37-17-21-39(22-18-37)45(7)8/h11-30H,9-10H2,1-8H3. The lowest BCUT2D eigenvalue weighted by Crippen LogP contribution is -2.21. The molecule has 0 atom stereocenters. The molecule has 0 radical (unpaired) electrons. The minimum atomic E-state index is 1.00. The second-order valence-corrected chi connectivity index (χ2v) is 12.6. The van der Waals surface area contributed by atoms with Gasteiger partial charge in [0.2, 0.25) is 0 Å². The van der Waals surface area contributed by atoms with Crippen LogP contribution in [0, 0.1) is 27.7 Å². The van der Waals surface area contributed by atoms with Gasteiger partial charge in [0.1, 0.15) is 0 Å². The van der Waals surface area contributed by atoms with E-state index in [0.29, 0.717) is 0 Å². The predicted octanol–water partition coefficient (Wildman–Crippen LogP) is 11.0. The summed E-state index contributed by atoms with van der Waals surface area (Å²) in [6.45, 7) is 15.2. The van der Waals surface area contributed by atoms with Crippen LogP contribution in [0.15, 0.2) is 109 Å². The molecule has 5 aromatic rings. The summed E-state index contributed by atoms with van der Waals surface area (Å²) >= 11 is 0. The van der Waals surface area contributed by atoms with Gasteiger partial charge in [-0.1, -0.05) is 96.1 Å². The Morgan fingerprint density at radius 3 is 1.24 bits per heavy atom. The number of nitrogens with zero attached hydrogens (tertiary/aromatic N) is 2. The number of hydrogen-bond acceptors (Lipinski definition) is 2. The van der Waals surface area contributed by atoms with Crippen molar-refractivity contribution in [1.82, 2.24) is 0 Å². The summed E-state index contributed by atoms with van der Waals surface area (Å²) in [5, 5.41) is 0. The molecule has 0 aliphatic heterocycles. The van der Waals surface area contributed by atoms with E-state index in [-0.39, 0.29) is 0 Å². The van der Waals surface area contributed by atoms with Gasteiger partial charge < -0.3 is 9.80 Å². The van der Waals surface area contributed by atoms with Crippen LogP contribution in [-0.4, -0.2) is 27.2 Å². The maximum absolute atomic E-state index is 2.39. The van der Waals surface area contributed by atoms with Gasteiger partial charge in [-0.25, -0.2) is 0 Å². The largest absolute Gasteiger partial charge is 0.378 e. The number of anilines is 2. The van der Waals surface area contributed by atoms with Crippen LogP contribution >= 0.6 is 0 Å². The summed E-state index contributed by atoms with van der Waals surface area (Å²) in [5.41, 5.74) is 17.4. The van der Waals surface area contributed by atoms with Crippen LogP contribution in [0.4, 0.5) is 11.4 Å². The van der Waals surface area contributed by atoms with Crippen molar-refractivity contribution in [1.29, 1.82) is 0 Å². The van der Waals surface area contributed by atoms with Gasteiger partial charge in [0.25, 0.3) is 0 Å². The van der Waals surface area contributed by atoms with Crippen molar-refractivity contribution in [3.05, 3.63) is 165 Å². The average Bonchev–Trinajstić information content (AvgIpc) is 3.05. The first-order valence-corrected chi connectivity index (χ1v) is 16.5. The third-order valence-electron chi connectivity index (χ3n) is 8.90. The topological polar surface area (TPSA) is 6.48 Å². The van der Waals surface area contributed by atoms with E-state index in [1.165, 1.54) is 78.2 Å². The molecule has 0 fully saturated rings. The predicted molar refractivity (Wildman–Crippen MR) is 203 cm³/mol. The maximum atomic E-state index is 2.39. The minimum absolute atomic E-state index is 1.00. The molecular formula is C44H48N2. The van der Waals surface area contributed by atoms with E-state index in [1.54, 1.807) is 0 Å². The monoisotopic (exact) mass is 604 g/mol. The number of aryl methyl sites for hydroxylation is 4. The molecule has 0 aromatic heterocycles. The Bertz CT molecular complexity index is 1830. The van der Waals surface area contributed by atoms with Crippen molar-refractivity contribution >= 4 is 34.7 Å². The summed E-state index contributed by atoms with van der Waals surface area (Å²) in [7, 11) is 4.16. The molecule has 5 rings (SSSR count). The van der Waals surface area contributed by atoms with Crippen molar-refractivity contribution in [2.75, 3.05) is 37.0 Å². The first-order chi connectivity index (χ1) is 22.2. The highest BCUT2D eigenvalue weighted by Crippen LogP contribution is 2.33. The normalized spacial score (nSPS) is 11.9. The molecule has 0 amide bonds. The lowest BCUT2D eigenvalue weighted by molar-refractivity contribution is 0.866. The molecular weight excluding hydrogens is 556 g/mol. The van der Waals surface area contributed by atoms with Gasteiger partial charge in [-0.2, -0.15) is 0 Å². The van der Waals surface area contributed by atoms with E-state index < -0.39 is 0 Å². The Morgan fingerprint density at radius 1 is 0.500 bits per heavy atom. The molecule has 234 valence electrons. The quantitative estimate of drug-likeness (QED) is 0.146. The third-order valence-corrected chi connectivity index (χ3v) is 8.90. The highest BCUT2D eigenvalue weighted by molar-refractivity contribution is 5.94. The Kier molecular flexibility index (Phi) is 10.3. The zero-order valence-electron chi connectivity index (χ0n) is 28.9. The fraction of sp³-hybridized carbons (Fsp3) is 0.227. The Hall–Kier alpha value is -4.82. The van der Waals surface area contributed by atoms with Crippen LogP contribution in [0.3, 0.4) is 0 Å². The Morgan fingerprint density at radius 2 is 0.891 bits per heavy atom. The second-order valence-electron chi connectivity index (χ2n) is 12.6. The summed E-state index contributed by atoms with van der Waals surface area (Å²) in [6.07, 6.45) is 4.66. The zero-order chi connectivity index (χ0) is 32.8. The van der Waals surface area contributed by atoms with E-state index in [4.69, 9.17) is 0 Å². The zero-order valence-corrected chi connectivity index (χ0v) is 28.9. The lowest BCUT2D eigenvalue weighted by Gasteiger charge is -2.21. The molecule has 0 saturated heterocycles. The van der Waals surface area contributed by atoms with Crippen LogP contribution in [0.2, 0.25) is 0 Å². The Balaban J connectivity index is 1.56. The molecule has 5 aromatic carbocycles. The molecule has 0 unspecified atom stereocenters. The SMILES string of the molecule is CCN(CC)c1ccc(C(=Cc2ccc(C=C(c3ccc(N(C)C)cc3)c3ccc(C)cc3C)cc2)c2ccc(C)cc2C)cc1. The van der Waals surface area contributed by atoms with E-state index in [2.05, 4.69) is 187 Å². The summed E-state index contributed by atoms with van der Waals surface area (Å²) in [6, 6.07) is 40.4. The van der Waals surface area contributed by atoms with Crippen molar-refractivity contribution in [2.45, 2.75) is 41.5 Å².